The third-order valence-electron chi connectivity index (χ3n) is 3.39. The van der Waals surface area contributed by atoms with Crippen molar-refractivity contribution in [1.29, 1.82) is 0 Å². The van der Waals surface area contributed by atoms with Crippen LogP contribution in [-0.4, -0.2) is 17.1 Å². The Balaban J connectivity index is 1.77. The SMILES string of the molecule is COc1ccc(NCc2cnc3ccccc3n2)c(C)c1. The van der Waals surface area contributed by atoms with Crippen molar-refractivity contribution in [3.8, 4) is 5.75 Å². The Kier molecular flexibility index (Phi) is 3.69. The van der Waals surface area contributed by atoms with E-state index in [-0.39, 0.29) is 0 Å². The first-order valence-electron chi connectivity index (χ1n) is 6.85. The predicted molar refractivity (Wildman–Crippen MR) is 84.6 cm³/mol. The number of nitrogens with one attached hydrogen (secondary N) is 1. The predicted octanol–water partition coefficient (Wildman–Crippen LogP) is 3.56. The van der Waals surface area contributed by atoms with Gasteiger partial charge in [0, 0.05) is 5.69 Å². The molecule has 0 atom stereocenters. The monoisotopic (exact) mass is 279 g/mol. The van der Waals surface area contributed by atoms with Gasteiger partial charge in [0.15, 0.2) is 0 Å². The van der Waals surface area contributed by atoms with Crippen LogP contribution < -0.4 is 10.1 Å². The molecular formula is C17H17N3O. The topological polar surface area (TPSA) is 47.0 Å². The highest BCUT2D eigenvalue weighted by Crippen LogP contribution is 2.21. The van der Waals surface area contributed by atoms with Gasteiger partial charge in [0.2, 0.25) is 0 Å². The Morgan fingerprint density at radius 2 is 1.90 bits per heavy atom. The van der Waals surface area contributed by atoms with Gasteiger partial charge in [0.1, 0.15) is 5.75 Å². The summed E-state index contributed by atoms with van der Waals surface area (Å²) in [5.74, 6) is 0.864. The Labute approximate surface area is 123 Å². The Morgan fingerprint density at radius 1 is 1.10 bits per heavy atom. The minimum Gasteiger partial charge on any atom is -0.497 e. The van der Waals surface area contributed by atoms with E-state index in [0.717, 1.165) is 33.7 Å². The van der Waals surface area contributed by atoms with Gasteiger partial charge < -0.3 is 10.1 Å². The Morgan fingerprint density at radius 3 is 2.67 bits per heavy atom. The van der Waals surface area contributed by atoms with Crippen LogP contribution in [0.15, 0.2) is 48.7 Å². The van der Waals surface area contributed by atoms with Crippen molar-refractivity contribution in [2.45, 2.75) is 13.5 Å². The van der Waals surface area contributed by atoms with Crippen LogP contribution in [0.2, 0.25) is 0 Å². The molecule has 4 nitrogen and oxygen atoms in total. The summed E-state index contributed by atoms with van der Waals surface area (Å²) in [6, 6.07) is 13.9. The Bertz CT molecular complexity index is 771. The van der Waals surface area contributed by atoms with Crippen molar-refractivity contribution in [3.63, 3.8) is 0 Å². The van der Waals surface area contributed by atoms with E-state index in [2.05, 4.69) is 22.2 Å². The average Bonchev–Trinajstić information content (AvgIpc) is 2.53. The van der Waals surface area contributed by atoms with E-state index >= 15 is 0 Å². The highest BCUT2D eigenvalue weighted by molar-refractivity contribution is 5.73. The minimum atomic E-state index is 0.644. The summed E-state index contributed by atoms with van der Waals surface area (Å²) in [7, 11) is 1.67. The molecule has 0 aliphatic heterocycles. The minimum absolute atomic E-state index is 0.644. The van der Waals surface area contributed by atoms with Crippen LogP contribution >= 0.6 is 0 Å². The van der Waals surface area contributed by atoms with Crippen LogP contribution in [0.5, 0.6) is 5.75 Å². The first kappa shape index (κ1) is 13.4. The van der Waals surface area contributed by atoms with Crippen LogP contribution in [0.3, 0.4) is 0 Å². The van der Waals surface area contributed by atoms with Crippen molar-refractivity contribution in [1.82, 2.24) is 9.97 Å². The van der Waals surface area contributed by atoms with E-state index in [9.17, 15) is 0 Å². The molecule has 0 fully saturated rings. The number of benzene rings is 2. The summed E-state index contributed by atoms with van der Waals surface area (Å²) in [6.45, 7) is 2.70. The van der Waals surface area contributed by atoms with E-state index in [1.807, 2.05) is 48.7 Å². The van der Waals surface area contributed by atoms with Gasteiger partial charge in [0.25, 0.3) is 0 Å². The third-order valence-corrected chi connectivity index (χ3v) is 3.39. The van der Waals surface area contributed by atoms with Crippen LogP contribution in [0.4, 0.5) is 5.69 Å². The lowest BCUT2D eigenvalue weighted by Crippen LogP contribution is -2.04. The molecule has 21 heavy (non-hydrogen) atoms. The highest BCUT2D eigenvalue weighted by atomic mass is 16.5. The zero-order valence-corrected chi connectivity index (χ0v) is 12.1. The maximum atomic E-state index is 5.21. The molecule has 0 aliphatic carbocycles. The molecule has 0 spiro atoms. The number of ether oxygens (including phenoxy) is 1. The summed E-state index contributed by atoms with van der Waals surface area (Å²) >= 11 is 0. The molecule has 0 aliphatic rings. The van der Waals surface area contributed by atoms with E-state index in [1.165, 1.54) is 0 Å². The molecular weight excluding hydrogens is 262 g/mol. The summed E-state index contributed by atoms with van der Waals surface area (Å²) in [5, 5.41) is 3.39. The fourth-order valence-corrected chi connectivity index (χ4v) is 2.23. The number of hydrogen-bond acceptors (Lipinski definition) is 4. The van der Waals surface area contributed by atoms with Crippen molar-refractivity contribution in [3.05, 3.63) is 59.9 Å². The number of aryl methyl sites for hydroxylation is 1. The number of anilines is 1. The molecule has 0 amide bonds. The molecule has 2 aromatic carbocycles. The smallest absolute Gasteiger partial charge is 0.119 e. The second kappa shape index (κ2) is 5.79. The average molecular weight is 279 g/mol. The number of aromatic nitrogens is 2. The number of rotatable bonds is 4. The molecule has 0 bridgehead atoms. The van der Waals surface area contributed by atoms with Gasteiger partial charge in [0.05, 0.1) is 36.6 Å². The molecule has 0 radical (unpaired) electrons. The fourth-order valence-electron chi connectivity index (χ4n) is 2.23. The second-order valence-electron chi connectivity index (χ2n) is 4.88. The van der Waals surface area contributed by atoms with Crippen LogP contribution in [-0.2, 0) is 6.54 Å². The van der Waals surface area contributed by atoms with Crippen LogP contribution in [0, 0.1) is 6.92 Å². The van der Waals surface area contributed by atoms with E-state index in [0.29, 0.717) is 6.54 Å². The van der Waals surface area contributed by atoms with Crippen LogP contribution in [0.1, 0.15) is 11.3 Å². The van der Waals surface area contributed by atoms with Gasteiger partial charge >= 0.3 is 0 Å². The molecule has 1 heterocycles. The van der Waals surface area contributed by atoms with Crippen molar-refractivity contribution >= 4 is 16.7 Å². The molecule has 1 N–H and O–H groups in total. The number of methoxy groups -OCH3 is 1. The lowest BCUT2D eigenvalue weighted by Gasteiger charge is -2.10. The van der Waals surface area contributed by atoms with Crippen molar-refractivity contribution in [2.75, 3.05) is 12.4 Å². The van der Waals surface area contributed by atoms with E-state index < -0.39 is 0 Å². The normalized spacial score (nSPS) is 10.6. The molecule has 4 heteroatoms. The lowest BCUT2D eigenvalue weighted by molar-refractivity contribution is 0.414. The molecule has 0 saturated heterocycles. The molecule has 0 saturated carbocycles. The highest BCUT2D eigenvalue weighted by Gasteiger charge is 2.02. The van der Waals surface area contributed by atoms with Crippen LogP contribution in [0.25, 0.3) is 11.0 Å². The Hall–Kier alpha value is -2.62. The standard InChI is InChI=1S/C17H17N3O/c1-12-9-14(21-2)7-8-15(12)18-10-13-11-19-16-5-3-4-6-17(16)20-13/h3-9,11,18H,10H2,1-2H3. The summed E-state index contributed by atoms with van der Waals surface area (Å²) in [5.41, 5.74) is 4.97. The summed E-state index contributed by atoms with van der Waals surface area (Å²) in [6.07, 6.45) is 1.81. The van der Waals surface area contributed by atoms with Gasteiger partial charge in [-0.15, -0.1) is 0 Å². The zero-order chi connectivity index (χ0) is 14.7. The summed E-state index contributed by atoms with van der Waals surface area (Å²) in [4.78, 5) is 9.02. The van der Waals surface area contributed by atoms with Gasteiger partial charge in [-0.2, -0.15) is 0 Å². The molecule has 3 rings (SSSR count). The molecule has 1 aromatic heterocycles. The molecule has 106 valence electrons. The van der Waals surface area contributed by atoms with Crippen molar-refractivity contribution < 1.29 is 4.74 Å². The van der Waals surface area contributed by atoms with Gasteiger partial charge in [-0.1, -0.05) is 12.1 Å². The zero-order valence-electron chi connectivity index (χ0n) is 12.1. The number of hydrogen-bond donors (Lipinski definition) is 1. The second-order valence-corrected chi connectivity index (χ2v) is 4.88. The number of para-hydroxylation sites is 2. The third kappa shape index (κ3) is 2.94. The van der Waals surface area contributed by atoms with Gasteiger partial charge in [-0.05, 0) is 42.8 Å². The first-order valence-corrected chi connectivity index (χ1v) is 6.85. The van der Waals surface area contributed by atoms with Crippen molar-refractivity contribution in [2.24, 2.45) is 0 Å². The van der Waals surface area contributed by atoms with E-state index in [4.69, 9.17) is 4.74 Å². The van der Waals surface area contributed by atoms with Gasteiger partial charge in [-0.25, -0.2) is 4.98 Å². The number of fused-ring (bicyclic) bond motifs is 1. The first-order chi connectivity index (χ1) is 10.3. The number of nitrogens with zero attached hydrogens (tertiary/aromatic N) is 2. The maximum absolute atomic E-state index is 5.21. The maximum Gasteiger partial charge on any atom is 0.119 e. The van der Waals surface area contributed by atoms with Gasteiger partial charge in [-0.3, -0.25) is 4.98 Å². The quantitative estimate of drug-likeness (QED) is 0.793. The summed E-state index contributed by atoms with van der Waals surface area (Å²) < 4.78 is 5.21. The van der Waals surface area contributed by atoms with E-state index in [1.54, 1.807) is 7.11 Å². The largest absolute Gasteiger partial charge is 0.497 e. The fraction of sp³-hybridized carbons (Fsp3) is 0.176. The molecule has 0 unspecified atom stereocenters. The lowest BCUT2D eigenvalue weighted by atomic mass is 10.2. The molecule has 3 aromatic rings.